The smallest absolute Gasteiger partial charge is 0.254 e. The van der Waals surface area contributed by atoms with Crippen molar-refractivity contribution in [1.82, 2.24) is 15.0 Å². The van der Waals surface area contributed by atoms with E-state index in [2.05, 4.69) is 10.1 Å². The minimum atomic E-state index is 0.0507. The summed E-state index contributed by atoms with van der Waals surface area (Å²) in [5, 5.41) is 4.96. The normalized spacial score (nSPS) is 14.4. The molecular weight excluding hydrogens is 286 g/mol. The summed E-state index contributed by atoms with van der Waals surface area (Å²) in [4.78, 5) is 18.9. The number of hydrogen-bond acceptors (Lipinski definition) is 5. The zero-order chi connectivity index (χ0) is 14.4. The molecule has 6 heteroatoms. The SMILES string of the molecule is Cc1nc2ccc(C(=O)N3CCc4nocc4C3)cc2s1. The molecule has 0 unspecified atom stereocenters. The van der Waals surface area contributed by atoms with Gasteiger partial charge in [-0.15, -0.1) is 11.3 Å². The number of nitrogens with zero attached hydrogens (tertiary/aromatic N) is 3. The van der Waals surface area contributed by atoms with Crippen molar-refractivity contribution in [2.24, 2.45) is 0 Å². The van der Waals surface area contributed by atoms with Crippen LogP contribution in [0.3, 0.4) is 0 Å². The van der Waals surface area contributed by atoms with Gasteiger partial charge in [-0.05, 0) is 25.1 Å². The number of amides is 1. The van der Waals surface area contributed by atoms with E-state index in [1.807, 2.05) is 30.0 Å². The fourth-order valence-corrected chi connectivity index (χ4v) is 3.54. The van der Waals surface area contributed by atoms with Gasteiger partial charge in [-0.3, -0.25) is 4.79 Å². The van der Waals surface area contributed by atoms with Crippen LogP contribution in [-0.4, -0.2) is 27.5 Å². The van der Waals surface area contributed by atoms with Crippen LogP contribution in [0.25, 0.3) is 10.2 Å². The maximum absolute atomic E-state index is 12.6. The summed E-state index contributed by atoms with van der Waals surface area (Å²) in [5.41, 5.74) is 3.64. The molecule has 0 N–H and O–H groups in total. The lowest BCUT2D eigenvalue weighted by molar-refractivity contribution is 0.0734. The van der Waals surface area contributed by atoms with E-state index in [0.29, 0.717) is 18.7 Å². The Labute approximate surface area is 125 Å². The second kappa shape index (κ2) is 4.66. The average Bonchev–Trinajstić information content (AvgIpc) is 3.09. The van der Waals surface area contributed by atoms with E-state index in [9.17, 15) is 4.79 Å². The van der Waals surface area contributed by atoms with Crippen molar-refractivity contribution in [2.45, 2.75) is 19.9 Å². The van der Waals surface area contributed by atoms with Gasteiger partial charge in [0.2, 0.25) is 0 Å². The number of hydrogen-bond donors (Lipinski definition) is 0. The van der Waals surface area contributed by atoms with Crippen LogP contribution < -0.4 is 0 Å². The number of benzene rings is 1. The molecule has 0 saturated carbocycles. The average molecular weight is 299 g/mol. The van der Waals surface area contributed by atoms with E-state index >= 15 is 0 Å². The third kappa shape index (κ3) is 2.12. The Kier molecular flexibility index (Phi) is 2.78. The summed E-state index contributed by atoms with van der Waals surface area (Å²) in [5.74, 6) is 0.0507. The Morgan fingerprint density at radius 3 is 3.24 bits per heavy atom. The number of thiazole rings is 1. The summed E-state index contributed by atoms with van der Waals surface area (Å²) in [6.07, 6.45) is 2.38. The maximum Gasteiger partial charge on any atom is 0.254 e. The number of aryl methyl sites for hydroxylation is 1. The van der Waals surface area contributed by atoms with E-state index < -0.39 is 0 Å². The highest BCUT2D eigenvalue weighted by atomic mass is 32.1. The maximum atomic E-state index is 12.6. The molecule has 0 saturated heterocycles. The zero-order valence-corrected chi connectivity index (χ0v) is 12.3. The van der Waals surface area contributed by atoms with E-state index in [4.69, 9.17) is 4.52 Å². The van der Waals surface area contributed by atoms with Gasteiger partial charge >= 0.3 is 0 Å². The van der Waals surface area contributed by atoms with Crippen molar-refractivity contribution in [2.75, 3.05) is 6.54 Å². The highest BCUT2D eigenvalue weighted by Gasteiger charge is 2.24. The molecule has 1 aromatic carbocycles. The van der Waals surface area contributed by atoms with Crippen LogP contribution in [0.5, 0.6) is 0 Å². The minimum Gasteiger partial charge on any atom is -0.364 e. The fraction of sp³-hybridized carbons (Fsp3) is 0.267. The molecule has 21 heavy (non-hydrogen) atoms. The Hall–Kier alpha value is -2.21. The summed E-state index contributed by atoms with van der Waals surface area (Å²) in [7, 11) is 0. The van der Waals surface area contributed by atoms with Crippen LogP contribution in [0.2, 0.25) is 0 Å². The number of fused-ring (bicyclic) bond motifs is 2. The number of carbonyl (C=O) groups is 1. The van der Waals surface area contributed by atoms with Crippen molar-refractivity contribution in [3.8, 4) is 0 Å². The highest BCUT2D eigenvalue weighted by Crippen LogP contribution is 2.25. The quantitative estimate of drug-likeness (QED) is 0.693. The van der Waals surface area contributed by atoms with Crippen LogP contribution in [0.15, 0.2) is 29.0 Å². The first-order valence-electron chi connectivity index (χ1n) is 6.79. The standard InChI is InChI=1S/C15H13N3O2S/c1-9-16-13-3-2-10(6-14(13)21-9)15(19)18-5-4-12-11(7-18)8-20-17-12/h2-3,6,8H,4-5,7H2,1H3. The molecule has 0 radical (unpaired) electrons. The molecule has 1 aliphatic heterocycles. The second-order valence-electron chi connectivity index (χ2n) is 5.18. The molecule has 1 aliphatic rings. The van der Waals surface area contributed by atoms with Gasteiger partial charge in [0.15, 0.2) is 0 Å². The molecule has 1 amide bonds. The first-order chi connectivity index (χ1) is 10.2. The van der Waals surface area contributed by atoms with Crippen molar-refractivity contribution in [1.29, 1.82) is 0 Å². The predicted octanol–water partition coefficient (Wildman–Crippen LogP) is 2.79. The molecule has 0 spiro atoms. The molecule has 0 atom stereocenters. The molecule has 0 bridgehead atoms. The lowest BCUT2D eigenvalue weighted by atomic mass is 10.1. The van der Waals surface area contributed by atoms with Gasteiger partial charge in [-0.1, -0.05) is 5.16 Å². The van der Waals surface area contributed by atoms with Gasteiger partial charge in [0.05, 0.1) is 27.5 Å². The van der Waals surface area contributed by atoms with E-state index in [1.165, 1.54) is 0 Å². The van der Waals surface area contributed by atoms with Crippen molar-refractivity contribution in [3.63, 3.8) is 0 Å². The van der Waals surface area contributed by atoms with Crippen LogP contribution in [0.1, 0.15) is 26.6 Å². The monoisotopic (exact) mass is 299 g/mol. The van der Waals surface area contributed by atoms with E-state index in [0.717, 1.165) is 32.9 Å². The third-order valence-electron chi connectivity index (χ3n) is 3.74. The molecule has 3 aromatic rings. The van der Waals surface area contributed by atoms with E-state index in [1.54, 1.807) is 17.6 Å². The molecule has 4 rings (SSSR count). The van der Waals surface area contributed by atoms with Gasteiger partial charge in [0, 0.05) is 24.1 Å². The van der Waals surface area contributed by atoms with Gasteiger partial charge in [0.1, 0.15) is 6.26 Å². The fourth-order valence-electron chi connectivity index (χ4n) is 2.67. The molecule has 2 aromatic heterocycles. The molecular formula is C15H13N3O2S. The summed E-state index contributed by atoms with van der Waals surface area (Å²) < 4.78 is 6.02. The van der Waals surface area contributed by atoms with Gasteiger partial charge in [-0.2, -0.15) is 0 Å². The van der Waals surface area contributed by atoms with Crippen molar-refractivity contribution in [3.05, 3.63) is 46.3 Å². The van der Waals surface area contributed by atoms with Crippen molar-refractivity contribution < 1.29 is 9.32 Å². The first kappa shape index (κ1) is 12.5. The zero-order valence-electron chi connectivity index (χ0n) is 11.5. The van der Waals surface area contributed by atoms with Gasteiger partial charge in [0.25, 0.3) is 5.91 Å². The summed E-state index contributed by atoms with van der Waals surface area (Å²) in [6.45, 7) is 3.22. The van der Waals surface area contributed by atoms with Gasteiger partial charge < -0.3 is 9.42 Å². The largest absolute Gasteiger partial charge is 0.364 e. The second-order valence-corrected chi connectivity index (χ2v) is 6.41. The van der Waals surface area contributed by atoms with Crippen molar-refractivity contribution >= 4 is 27.5 Å². The first-order valence-corrected chi connectivity index (χ1v) is 7.61. The Bertz CT molecular complexity index is 836. The number of carbonyl (C=O) groups excluding carboxylic acids is 1. The van der Waals surface area contributed by atoms with Gasteiger partial charge in [-0.25, -0.2) is 4.98 Å². The minimum absolute atomic E-state index is 0.0507. The molecule has 0 aliphatic carbocycles. The van der Waals surface area contributed by atoms with Crippen LogP contribution in [0.4, 0.5) is 0 Å². The summed E-state index contributed by atoms with van der Waals surface area (Å²) in [6, 6.07) is 5.71. The Morgan fingerprint density at radius 2 is 2.33 bits per heavy atom. The topological polar surface area (TPSA) is 59.2 Å². The number of rotatable bonds is 1. The third-order valence-corrected chi connectivity index (χ3v) is 4.67. The summed E-state index contributed by atoms with van der Waals surface area (Å²) >= 11 is 1.61. The highest BCUT2D eigenvalue weighted by molar-refractivity contribution is 7.18. The van der Waals surface area contributed by atoms with Crippen LogP contribution in [-0.2, 0) is 13.0 Å². The molecule has 106 valence electrons. The Balaban J connectivity index is 1.64. The molecule has 0 fully saturated rings. The molecule has 3 heterocycles. The predicted molar refractivity (Wildman–Crippen MR) is 79.3 cm³/mol. The molecule has 5 nitrogen and oxygen atoms in total. The van der Waals surface area contributed by atoms with Crippen LogP contribution in [0, 0.1) is 6.92 Å². The number of aromatic nitrogens is 2. The Morgan fingerprint density at radius 1 is 1.43 bits per heavy atom. The van der Waals surface area contributed by atoms with E-state index in [-0.39, 0.29) is 5.91 Å². The van der Waals surface area contributed by atoms with Crippen LogP contribution >= 0.6 is 11.3 Å². The lowest BCUT2D eigenvalue weighted by Crippen LogP contribution is -2.35. The lowest BCUT2D eigenvalue weighted by Gasteiger charge is -2.25.